The number of hydrogen-bond acceptors (Lipinski definition) is 7. The first-order chi connectivity index (χ1) is 22.6. The third-order valence-corrected chi connectivity index (χ3v) is 9.92. The van der Waals surface area contributed by atoms with Crippen LogP contribution in [0.25, 0.3) is 11.1 Å². The minimum Gasteiger partial charge on any atom is -0.460 e. The molecule has 2 aromatic rings. The van der Waals surface area contributed by atoms with E-state index >= 15 is 0 Å². The molecule has 2 heterocycles. The van der Waals surface area contributed by atoms with Crippen molar-refractivity contribution in [3.05, 3.63) is 72.3 Å². The first-order valence-electron chi connectivity index (χ1n) is 17.4. The maximum atomic E-state index is 13.6. The van der Waals surface area contributed by atoms with Gasteiger partial charge in [-0.1, -0.05) is 99.7 Å². The summed E-state index contributed by atoms with van der Waals surface area (Å²) in [6.45, 7) is 4.71. The highest BCUT2D eigenvalue weighted by Crippen LogP contribution is 2.44. The predicted octanol–water partition coefficient (Wildman–Crippen LogP) is 7.54. The fourth-order valence-electron chi connectivity index (χ4n) is 7.54. The summed E-state index contributed by atoms with van der Waals surface area (Å²) in [6.07, 6.45) is 13.5. The lowest BCUT2D eigenvalue weighted by Gasteiger charge is -2.32. The number of nitrogens with zero attached hydrogens (tertiary/aromatic N) is 1. The number of fused-ring (bicyclic) bond motifs is 3. The number of likely N-dealkylation sites (tertiary alicyclic amines) is 1. The van der Waals surface area contributed by atoms with Crippen molar-refractivity contribution in [3.8, 4) is 11.1 Å². The number of rotatable bonds is 10. The molecule has 2 aliphatic carbocycles. The maximum absolute atomic E-state index is 13.6. The first-order valence-corrected chi connectivity index (χ1v) is 17.4. The molecule has 8 nitrogen and oxygen atoms in total. The van der Waals surface area contributed by atoms with Gasteiger partial charge in [0, 0.05) is 12.3 Å². The van der Waals surface area contributed by atoms with Gasteiger partial charge in [-0.05, 0) is 54.4 Å². The van der Waals surface area contributed by atoms with Gasteiger partial charge in [-0.25, -0.2) is 9.59 Å². The van der Waals surface area contributed by atoms with E-state index in [1.807, 2.05) is 24.3 Å². The normalized spacial score (nSPS) is 25.5. The summed E-state index contributed by atoms with van der Waals surface area (Å²) in [5.74, 6) is -0.552. The van der Waals surface area contributed by atoms with Crippen molar-refractivity contribution in [1.29, 1.82) is 0 Å². The Morgan fingerprint density at radius 1 is 0.804 bits per heavy atom. The van der Waals surface area contributed by atoms with Gasteiger partial charge in [0.2, 0.25) is 0 Å². The number of carbonyl (C=O) groups excluding carboxylic acids is 2. The average molecular weight is 632 g/mol. The van der Waals surface area contributed by atoms with E-state index in [-0.39, 0.29) is 37.9 Å². The van der Waals surface area contributed by atoms with Gasteiger partial charge in [0.05, 0.1) is 31.5 Å². The summed E-state index contributed by atoms with van der Waals surface area (Å²) in [7, 11) is 0. The summed E-state index contributed by atoms with van der Waals surface area (Å²) in [6, 6.07) is 15.7. The molecule has 0 bridgehead atoms. The SMILES string of the molecule is C=CCOC(=O)[C@@H]1C[C@@H](OC2CCCC(COC3CCCCCCCC3)O2)CN1C(=O)OCC1c2ccccc2-c2ccccc21. The lowest BCUT2D eigenvalue weighted by molar-refractivity contribution is -0.224. The minimum atomic E-state index is -0.799. The van der Waals surface area contributed by atoms with Gasteiger partial charge in [-0.2, -0.15) is 0 Å². The number of hydrogen-bond donors (Lipinski definition) is 0. The number of esters is 1. The number of benzene rings is 2. The van der Waals surface area contributed by atoms with Gasteiger partial charge in [-0.3, -0.25) is 4.90 Å². The van der Waals surface area contributed by atoms with Crippen LogP contribution in [0.15, 0.2) is 61.2 Å². The highest BCUT2D eigenvalue weighted by Gasteiger charge is 2.44. The lowest BCUT2D eigenvalue weighted by atomic mass is 9.98. The molecule has 1 saturated carbocycles. The fourth-order valence-corrected chi connectivity index (χ4v) is 7.54. The summed E-state index contributed by atoms with van der Waals surface area (Å²) in [5, 5.41) is 0. The van der Waals surface area contributed by atoms with E-state index in [4.69, 9.17) is 23.7 Å². The Morgan fingerprint density at radius 3 is 2.17 bits per heavy atom. The molecular formula is C38H49NO7. The molecule has 0 aromatic heterocycles. The molecular weight excluding hydrogens is 582 g/mol. The summed E-state index contributed by atoms with van der Waals surface area (Å²) in [4.78, 5) is 28.1. The van der Waals surface area contributed by atoms with Gasteiger partial charge < -0.3 is 23.7 Å². The molecule has 6 rings (SSSR count). The average Bonchev–Trinajstić information content (AvgIpc) is 3.68. The molecule has 2 aliphatic heterocycles. The third kappa shape index (κ3) is 8.01. The maximum Gasteiger partial charge on any atom is 0.410 e. The third-order valence-electron chi connectivity index (χ3n) is 9.92. The second-order valence-electron chi connectivity index (χ2n) is 13.2. The van der Waals surface area contributed by atoms with Gasteiger partial charge in [-0.15, -0.1) is 0 Å². The van der Waals surface area contributed by atoms with Crippen LogP contribution < -0.4 is 0 Å². The molecule has 0 N–H and O–H groups in total. The Kier molecular flexibility index (Phi) is 11.4. The molecule has 8 heteroatoms. The Hall–Kier alpha value is -3.20. The second-order valence-corrected chi connectivity index (χ2v) is 13.2. The van der Waals surface area contributed by atoms with Crippen molar-refractivity contribution in [3.63, 3.8) is 0 Å². The Labute approximate surface area is 273 Å². The van der Waals surface area contributed by atoms with Gasteiger partial charge in [0.15, 0.2) is 6.29 Å². The van der Waals surface area contributed by atoms with Crippen LogP contribution in [-0.2, 0) is 28.5 Å². The zero-order valence-electron chi connectivity index (χ0n) is 27.0. The zero-order valence-corrected chi connectivity index (χ0v) is 27.0. The topological polar surface area (TPSA) is 83.5 Å². The van der Waals surface area contributed by atoms with E-state index in [0.29, 0.717) is 19.1 Å². The van der Waals surface area contributed by atoms with E-state index in [0.717, 1.165) is 54.4 Å². The van der Waals surface area contributed by atoms with E-state index in [1.54, 1.807) is 0 Å². The van der Waals surface area contributed by atoms with Gasteiger partial charge in [0.25, 0.3) is 0 Å². The smallest absolute Gasteiger partial charge is 0.410 e. The standard InChI is InChI=1S/C38H49NO7/c1-2-22-42-37(40)35-23-29(46-36-21-13-16-28(45-36)25-43-27-14-7-5-3-4-6-8-15-27)24-39(35)38(41)44-26-34-32-19-11-9-17-30(32)31-18-10-12-20-33(31)34/h2,9-12,17-20,27-29,34-36H,1,3-8,13-16,21-26H2/t28?,29-,35+,36?/m1/s1. The Bertz CT molecular complexity index is 1270. The highest BCUT2D eigenvalue weighted by atomic mass is 16.7. The molecule has 0 spiro atoms. The Balaban J connectivity index is 1.05. The van der Waals surface area contributed by atoms with E-state index < -0.39 is 24.4 Å². The van der Waals surface area contributed by atoms with Gasteiger partial charge >= 0.3 is 12.1 Å². The van der Waals surface area contributed by atoms with Crippen molar-refractivity contribution in [2.75, 3.05) is 26.4 Å². The van der Waals surface area contributed by atoms with Crippen molar-refractivity contribution < 1.29 is 33.3 Å². The van der Waals surface area contributed by atoms with E-state index in [1.165, 1.54) is 49.5 Å². The number of amides is 1. The first kappa shape index (κ1) is 32.7. The van der Waals surface area contributed by atoms with Crippen LogP contribution in [0.2, 0.25) is 0 Å². The molecule has 2 aromatic carbocycles. The minimum absolute atomic E-state index is 0.0145. The van der Waals surface area contributed by atoms with Crippen LogP contribution in [0.5, 0.6) is 0 Å². The predicted molar refractivity (Wildman–Crippen MR) is 175 cm³/mol. The monoisotopic (exact) mass is 631 g/mol. The molecule has 4 atom stereocenters. The fraction of sp³-hybridized carbons (Fsp3) is 0.579. The van der Waals surface area contributed by atoms with Crippen LogP contribution in [0, 0.1) is 0 Å². The van der Waals surface area contributed by atoms with Crippen LogP contribution in [0.1, 0.15) is 94.1 Å². The van der Waals surface area contributed by atoms with Crippen LogP contribution in [-0.4, -0.2) is 74.0 Å². The molecule has 1 amide bonds. The van der Waals surface area contributed by atoms with E-state index in [9.17, 15) is 9.59 Å². The molecule has 46 heavy (non-hydrogen) atoms. The van der Waals surface area contributed by atoms with Crippen molar-refractivity contribution >= 4 is 12.1 Å². The van der Waals surface area contributed by atoms with Crippen molar-refractivity contribution in [2.45, 2.75) is 114 Å². The highest BCUT2D eigenvalue weighted by molar-refractivity contribution is 5.83. The largest absolute Gasteiger partial charge is 0.460 e. The lowest BCUT2D eigenvalue weighted by Crippen LogP contribution is -2.42. The van der Waals surface area contributed by atoms with Crippen LogP contribution in [0.4, 0.5) is 4.79 Å². The molecule has 248 valence electrons. The summed E-state index contributed by atoms with van der Waals surface area (Å²) < 4.78 is 30.4. The zero-order chi connectivity index (χ0) is 31.7. The van der Waals surface area contributed by atoms with Crippen LogP contribution in [0.3, 0.4) is 0 Å². The van der Waals surface area contributed by atoms with Gasteiger partial charge in [0.1, 0.15) is 19.3 Å². The molecule has 0 radical (unpaired) electrons. The molecule has 2 unspecified atom stereocenters. The summed E-state index contributed by atoms with van der Waals surface area (Å²) >= 11 is 0. The number of carbonyl (C=O) groups is 2. The van der Waals surface area contributed by atoms with Crippen molar-refractivity contribution in [2.24, 2.45) is 0 Å². The molecule has 2 saturated heterocycles. The quantitative estimate of drug-likeness (QED) is 0.198. The molecule has 4 aliphatic rings. The van der Waals surface area contributed by atoms with Crippen LogP contribution >= 0.6 is 0 Å². The molecule has 3 fully saturated rings. The van der Waals surface area contributed by atoms with E-state index in [2.05, 4.69) is 30.8 Å². The Morgan fingerprint density at radius 2 is 1.48 bits per heavy atom. The van der Waals surface area contributed by atoms with Crippen molar-refractivity contribution in [1.82, 2.24) is 4.90 Å². The summed E-state index contributed by atoms with van der Waals surface area (Å²) in [5.41, 5.74) is 4.60. The second kappa shape index (κ2) is 16.1. The number of ether oxygens (including phenoxy) is 5.